The van der Waals surface area contributed by atoms with Crippen LogP contribution in [0, 0.1) is 11.8 Å². The van der Waals surface area contributed by atoms with E-state index >= 15 is 0 Å². The van der Waals surface area contributed by atoms with Crippen molar-refractivity contribution in [3.63, 3.8) is 0 Å². The molecule has 3 atom stereocenters. The molecule has 0 saturated carbocycles. The SMILES string of the molecule is NC(=O)C1=C(O)C[C@@H]2CC3Cc4c(-c5cc6ccccc6s5)ccc(O)c4C(=O)C3=C(O)[C@]2(O)C1=O. The number of primary amides is 1. The Morgan fingerprint density at radius 3 is 2.53 bits per heavy atom. The number of Topliss-reactive ketones (excluding diaryl/α,β-unsaturated/α-hetero) is 2. The third kappa shape index (κ3) is 2.87. The summed E-state index contributed by atoms with van der Waals surface area (Å²) in [6.45, 7) is 0. The number of hydrogen-bond donors (Lipinski definition) is 5. The molecule has 0 aliphatic heterocycles. The number of carbonyl (C=O) groups excluding carboxylic acids is 3. The number of benzene rings is 2. The molecule has 0 spiro atoms. The molecule has 3 aromatic rings. The van der Waals surface area contributed by atoms with E-state index in [4.69, 9.17) is 5.73 Å². The molecule has 1 unspecified atom stereocenters. The van der Waals surface area contributed by atoms with Crippen LogP contribution in [0.4, 0.5) is 0 Å². The van der Waals surface area contributed by atoms with Crippen molar-refractivity contribution < 1.29 is 34.8 Å². The summed E-state index contributed by atoms with van der Waals surface area (Å²) in [4.78, 5) is 39.4. The van der Waals surface area contributed by atoms with Crippen molar-refractivity contribution >= 4 is 38.9 Å². The summed E-state index contributed by atoms with van der Waals surface area (Å²) in [6, 6.07) is 13.1. The second-order valence-corrected chi connectivity index (χ2v) is 10.6. The molecule has 6 rings (SSSR count). The summed E-state index contributed by atoms with van der Waals surface area (Å²) in [6.07, 6.45) is 0.120. The van der Waals surface area contributed by atoms with Gasteiger partial charge in [-0.25, -0.2) is 0 Å². The van der Waals surface area contributed by atoms with Crippen molar-refractivity contribution in [2.45, 2.75) is 24.9 Å². The molecule has 6 N–H and O–H groups in total. The maximum atomic E-state index is 13.7. The van der Waals surface area contributed by atoms with E-state index in [0.29, 0.717) is 5.56 Å². The lowest BCUT2D eigenvalue weighted by atomic mass is 9.60. The van der Waals surface area contributed by atoms with Crippen molar-refractivity contribution in [3.8, 4) is 16.2 Å². The number of allylic oxidation sites excluding steroid dienone is 2. The van der Waals surface area contributed by atoms with Gasteiger partial charge < -0.3 is 26.2 Å². The predicted octanol–water partition coefficient (Wildman–Crippen LogP) is 3.46. The van der Waals surface area contributed by atoms with Crippen LogP contribution in [-0.4, -0.2) is 43.5 Å². The molecule has 36 heavy (non-hydrogen) atoms. The van der Waals surface area contributed by atoms with Gasteiger partial charge in [-0.1, -0.05) is 18.2 Å². The van der Waals surface area contributed by atoms with E-state index in [2.05, 4.69) is 0 Å². The number of amides is 1. The van der Waals surface area contributed by atoms with Gasteiger partial charge in [-0.2, -0.15) is 0 Å². The van der Waals surface area contributed by atoms with Crippen molar-refractivity contribution in [2.24, 2.45) is 17.6 Å². The van der Waals surface area contributed by atoms with E-state index in [1.807, 2.05) is 30.3 Å². The molecule has 8 nitrogen and oxygen atoms in total. The molecule has 3 aliphatic carbocycles. The van der Waals surface area contributed by atoms with Crippen LogP contribution in [0.25, 0.3) is 20.5 Å². The Bertz CT molecular complexity index is 1560. The van der Waals surface area contributed by atoms with E-state index < -0.39 is 52.0 Å². The normalized spacial score (nSPS) is 25.6. The average Bonchev–Trinajstić information content (AvgIpc) is 3.25. The molecular weight excluding hydrogens is 482 g/mol. The van der Waals surface area contributed by atoms with Gasteiger partial charge >= 0.3 is 0 Å². The minimum absolute atomic E-state index is 0.0154. The summed E-state index contributed by atoms with van der Waals surface area (Å²) in [7, 11) is 0. The van der Waals surface area contributed by atoms with Gasteiger partial charge in [-0.3, -0.25) is 14.4 Å². The number of phenolic OH excluding ortho intramolecular Hbond substituents is 1. The van der Waals surface area contributed by atoms with E-state index in [0.717, 1.165) is 20.5 Å². The quantitative estimate of drug-likeness (QED) is 0.335. The number of aliphatic hydroxyl groups excluding tert-OH is 2. The van der Waals surface area contributed by atoms with Crippen LogP contribution in [0.15, 0.2) is 65.1 Å². The maximum Gasteiger partial charge on any atom is 0.255 e. The molecule has 1 aromatic heterocycles. The molecule has 0 saturated heterocycles. The van der Waals surface area contributed by atoms with E-state index in [1.165, 1.54) is 6.07 Å². The second-order valence-electron chi connectivity index (χ2n) is 9.54. The number of nitrogens with two attached hydrogens (primary N) is 1. The number of fused-ring (bicyclic) bond motifs is 4. The van der Waals surface area contributed by atoms with Gasteiger partial charge in [0.05, 0.1) is 5.56 Å². The Hall–Kier alpha value is -3.95. The largest absolute Gasteiger partial charge is 0.511 e. The van der Waals surface area contributed by atoms with Crippen LogP contribution in [0.1, 0.15) is 28.8 Å². The summed E-state index contributed by atoms with van der Waals surface area (Å²) >= 11 is 1.56. The molecule has 182 valence electrons. The Balaban J connectivity index is 1.52. The molecular formula is C27H21NO7S. The zero-order valence-electron chi connectivity index (χ0n) is 18.8. The Morgan fingerprint density at radius 1 is 1.06 bits per heavy atom. The molecule has 1 heterocycles. The van der Waals surface area contributed by atoms with Gasteiger partial charge in [0, 0.05) is 27.5 Å². The number of rotatable bonds is 2. The molecule has 1 amide bonds. The number of phenols is 1. The van der Waals surface area contributed by atoms with Crippen molar-refractivity contribution in [1.82, 2.24) is 0 Å². The highest BCUT2D eigenvalue weighted by Gasteiger charge is 2.59. The molecule has 2 aromatic carbocycles. The van der Waals surface area contributed by atoms with Crippen molar-refractivity contribution in [2.75, 3.05) is 0 Å². The molecule has 0 fully saturated rings. The lowest BCUT2D eigenvalue weighted by Crippen LogP contribution is -2.57. The van der Waals surface area contributed by atoms with Gasteiger partial charge in [-0.05, 0) is 59.5 Å². The zero-order valence-corrected chi connectivity index (χ0v) is 19.6. The second kappa shape index (κ2) is 7.52. The third-order valence-electron chi connectivity index (χ3n) is 7.64. The Labute approximate surface area is 208 Å². The van der Waals surface area contributed by atoms with Gasteiger partial charge in [0.1, 0.15) is 22.8 Å². The maximum absolute atomic E-state index is 13.7. The zero-order chi connectivity index (χ0) is 25.5. The number of thiophene rings is 1. The van der Waals surface area contributed by atoms with Crippen LogP contribution < -0.4 is 5.73 Å². The van der Waals surface area contributed by atoms with Crippen LogP contribution in [0.2, 0.25) is 0 Å². The van der Waals surface area contributed by atoms with Crippen LogP contribution >= 0.6 is 11.3 Å². The predicted molar refractivity (Wildman–Crippen MR) is 132 cm³/mol. The summed E-state index contributed by atoms with van der Waals surface area (Å²) < 4.78 is 1.07. The average molecular weight is 504 g/mol. The minimum Gasteiger partial charge on any atom is -0.511 e. The Morgan fingerprint density at radius 2 is 1.81 bits per heavy atom. The third-order valence-corrected chi connectivity index (χ3v) is 8.79. The van der Waals surface area contributed by atoms with Gasteiger partial charge in [0.15, 0.2) is 11.4 Å². The van der Waals surface area contributed by atoms with Gasteiger partial charge in [0.2, 0.25) is 5.78 Å². The highest BCUT2D eigenvalue weighted by Crippen LogP contribution is 2.52. The molecule has 9 heteroatoms. The lowest BCUT2D eigenvalue weighted by Gasteiger charge is -2.45. The highest BCUT2D eigenvalue weighted by molar-refractivity contribution is 7.22. The highest BCUT2D eigenvalue weighted by atomic mass is 32.1. The first kappa shape index (κ1) is 22.5. The monoisotopic (exact) mass is 503 g/mol. The van der Waals surface area contributed by atoms with Crippen LogP contribution in [0.5, 0.6) is 5.75 Å². The summed E-state index contributed by atoms with van der Waals surface area (Å²) in [5.41, 5.74) is 3.15. The smallest absolute Gasteiger partial charge is 0.255 e. The number of aromatic hydroxyl groups is 1. The first-order valence-corrected chi connectivity index (χ1v) is 12.3. The number of hydrogen-bond acceptors (Lipinski definition) is 8. The summed E-state index contributed by atoms with van der Waals surface area (Å²) in [5, 5.41) is 44.5. The fourth-order valence-electron chi connectivity index (χ4n) is 5.96. The van der Waals surface area contributed by atoms with E-state index in [-0.39, 0.29) is 36.1 Å². The molecule has 0 radical (unpaired) electrons. The van der Waals surface area contributed by atoms with Crippen LogP contribution in [0.3, 0.4) is 0 Å². The minimum atomic E-state index is -2.56. The number of ketones is 2. The van der Waals surface area contributed by atoms with Gasteiger partial charge in [0.25, 0.3) is 5.91 Å². The molecule has 3 aliphatic rings. The van der Waals surface area contributed by atoms with Crippen LogP contribution in [-0.2, 0) is 16.0 Å². The molecule has 0 bridgehead atoms. The lowest BCUT2D eigenvalue weighted by molar-refractivity contribution is -0.144. The van der Waals surface area contributed by atoms with E-state index in [9.17, 15) is 34.8 Å². The van der Waals surface area contributed by atoms with Crippen molar-refractivity contribution in [3.05, 3.63) is 76.3 Å². The van der Waals surface area contributed by atoms with Crippen molar-refractivity contribution in [1.29, 1.82) is 0 Å². The summed E-state index contributed by atoms with van der Waals surface area (Å²) in [5.74, 6) is -6.31. The fourth-order valence-corrected chi connectivity index (χ4v) is 7.08. The number of aliphatic hydroxyl groups is 3. The number of carbonyl (C=O) groups is 3. The topological polar surface area (TPSA) is 158 Å². The first-order chi connectivity index (χ1) is 17.1. The first-order valence-electron chi connectivity index (χ1n) is 11.4. The fraction of sp³-hybridized carbons (Fsp3) is 0.222. The Kier molecular flexibility index (Phi) is 4.70. The standard InChI is InChI=1S/C27H21NO7S/c28-26(34)22-17(30)10-13-7-12-8-15-14(19-9-11-3-1-2-4-18(11)36-19)5-6-16(29)21(15)23(31)20(12)24(32)27(13,35)25(22)33/h1-6,9,12-13,29-30,32,35H,7-8,10H2,(H2,28,34)/t12?,13-,27-/m0/s1. The van der Waals surface area contributed by atoms with Gasteiger partial charge in [-0.15, -0.1) is 11.3 Å². The van der Waals surface area contributed by atoms with E-state index in [1.54, 1.807) is 17.4 Å².